The summed E-state index contributed by atoms with van der Waals surface area (Å²) in [5, 5.41) is 12.4. The third-order valence-electron chi connectivity index (χ3n) is 5.11. The van der Waals surface area contributed by atoms with Crippen LogP contribution in [0, 0.1) is 6.92 Å². The van der Waals surface area contributed by atoms with Crippen molar-refractivity contribution in [2.24, 2.45) is 0 Å². The van der Waals surface area contributed by atoms with E-state index in [-0.39, 0.29) is 6.54 Å². The number of fused-ring (bicyclic) bond motifs is 3. The number of carbonyl (C=O) groups is 1. The second-order valence-corrected chi connectivity index (χ2v) is 7.02. The van der Waals surface area contributed by atoms with Crippen LogP contribution in [0.2, 0.25) is 0 Å². The fraction of sp³-hybridized carbons (Fsp3) is 0.444. The summed E-state index contributed by atoms with van der Waals surface area (Å²) in [5.41, 5.74) is 2.64. The minimum atomic E-state index is -4.90. The van der Waals surface area contributed by atoms with E-state index in [0.717, 1.165) is 34.2 Å². The molecule has 27 heavy (non-hydrogen) atoms. The van der Waals surface area contributed by atoms with E-state index in [1.54, 1.807) is 6.07 Å². The molecule has 1 aliphatic carbocycles. The maximum Gasteiger partial charge on any atom is 0.471 e. The van der Waals surface area contributed by atoms with Gasteiger partial charge in [-0.3, -0.25) is 4.79 Å². The molecule has 9 heteroatoms. The first-order chi connectivity index (χ1) is 12.8. The number of pyridine rings is 1. The van der Waals surface area contributed by atoms with Crippen molar-refractivity contribution >= 4 is 22.5 Å². The van der Waals surface area contributed by atoms with Crippen LogP contribution >= 0.6 is 0 Å². The van der Waals surface area contributed by atoms with Gasteiger partial charge >= 0.3 is 12.1 Å². The normalized spacial score (nSPS) is 15.7. The summed E-state index contributed by atoms with van der Waals surface area (Å²) in [6, 6.07) is 7.07. The Balaban J connectivity index is 1.81. The molecule has 2 aromatic heterocycles. The molecule has 1 saturated carbocycles. The minimum absolute atomic E-state index is 0.170. The summed E-state index contributed by atoms with van der Waals surface area (Å²) in [7, 11) is 0. The number of nitrogens with zero attached hydrogens (tertiary/aromatic N) is 5. The van der Waals surface area contributed by atoms with Crippen molar-refractivity contribution in [2.45, 2.75) is 51.4 Å². The second-order valence-electron chi connectivity index (χ2n) is 7.02. The summed E-state index contributed by atoms with van der Waals surface area (Å²) in [6.45, 7) is 1.76. The first-order valence-electron chi connectivity index (χ1n) is 8.83. The Morgan fingerprint density at radius 2 is 2.00 bits per heavy atom. The smallest absolute Gasteiger partial charge is 0.327 e. The summed E-state index contributed by atoms with van der Waals surface area (Å²) < 4.78 is 41.0. The quantitative estimate of drug-likeness (QED) is 0.702. The third kappa shape index (κ3) is 3.22. The minimum Gasteiger partial charge on any atom is -0.327 e. The zero-order valence-corrected chi connectivity index (χ0v) is 14.7. The molecule has 4 rings (SSSR count). The largest absolute Gasteiger partial charge is 0.471 e. The molecule has 2 heterocycles. The predicted octanol–water partition coefficient (Wildman–Crippen LogP) is 3.42. The maximum atomic E-state index is 13.2. The maximum absolute atomic E-state index is 13.2. The molecule has 1 amide bonds. The van der Waals surface area contributed by atoms with Crippen molar-refractivity contribution in [1.29, 1.82) is 0 Å². The van der Waals surface area contributed by atoms with Crippen LogP contribution in [0.1, 0.15) is 36.8 Å². The Morgan fingerprint density at radius 3 is 2.70 bits per heavy atom. The van der Waals surface area contributed by atoms with Crippen molar-refractivity contribution in [3.8, 4) is 0 Å². The molecule has 0 atom stereocenters. The van der Waals surface area contributed by atoms with E-state index >= 15 is 0 Å². The van der Waals surface area contributed by atoms with E-state index in [4.69, 9.17) is 0 Å². The molecule has 0 radical (unpaired) electrons. The lowest BCUT2D eigenvalue weighted by Crippen LogP contribution is -2.45. The van der Waals surface area contributed by atoms with Gasteiger partial charge in [-0.1, -0.05) is 24.5 Å². The highest BCUT2D eigenvalue weighted by molar-refractivity contribution is 5.85. The fourth-order valence-corrected chi connectivity index (χ4v) is 3.83. The summed E-state index contributed by atoms with van der Waals surface area (Å²) >= 11 is 0. The number of aryl methyl sites for hydroxylation is 1. The third-order valence-corrected chi connectivity index (χ3v) is 5.11. The SMILES string of the molecule is Cc1ccc2c(c1)cc(CN(C(=O)C(F)(F)F)C1CCCC1)c1nnnn12. The van der Waals surface area contributed by atoms with Gasteiger partial charge in [0.1, 0.15) is 0 Å². The van der Waals surface area contributed by atoms with E-state index < -0.39 is 18.1 Å². The van der Waals surface area contributed by atoms with Gasteiger partial charge in [0.2, 0.25) is 0 Å². The first-order valence-corrected chi connectivity index (χ1v) is 8.83. The molecule has 0 saturated heterocycles. The van der Waals surface area contributed by atoms with E-state index in [1.165, 1.54) is 4.52 Å². The van der Waals surface area contributed by atoms with Gasteiger partial charge in [-0.05, 0) is 48.4 Å². The first kappa shape index (κ1) is 17.7. The van der Waals surface area contributed by atoms with Gasteiger partial charge in [-0.2, -0.15) is 17.7 Å². The van der Waals surface area contributed by atoms with Crippen LogP contribution in [-0.2, 0) is 11.3 Å². The molecule has 0 spiro atoms. The molecule has 0 aliphatic heterocycles. The van der Waals surface area contributed by atoms with Crippen LogP contribution in [0.4, 0.5) is 13.2 Å². The molecule has 0 N–H and O–H groups in total. The number of hydrogen-bond donors (Lipinski definition) is 0. The van der Waals surface area contributed by atoms with E-state index in [1.807, 2.05) is 25.1 Å². The highest BCUT2D eigenvalue weighted by Crippen LogP contribution is 2.31. The van der Waals surface area contributed by atoms with Gasteiger partial charge in [-0.25, -0.2) is 0 Å². The van der Waals surface area contributed by atoms with Crippen molar-refractivity contribution < 1.29 is 18.0 Å². The standard InChI is InChI=1S/C18H18F3N5O/c1-11-6-7-15-12(8-11)9-13(16-22-23-24-26(15)16)10-25(14-4-2-3-5-14)17(27)18(19,20)21/h6-9,14H,2-5,10H2,1H3. The van der Waals surface area contributed by atoms with Gasteiger partial charge in [0.15, 0.2) is 5.65 Å². The zero-order chi connectivity index (χ0) is 19.2. The van der Waals surface area contributed by atoms with E-state index in [9.17, 15) is 18.0 Å². The Hall–Kier alpha value is -2.71. The van der Waals surface area contributed by atoms with Crippen LogP contribution in [0.3, 0.4) is 0 Å². The van der Waals surface area contributed by atoms with Gasteiger partial charge < -0.3 is 4.90 Å². The van der Waals surface area contributed by atoms with Crippen LogP contribution in [0.5, 0.6) is 0 Å². The lowest BCUT2D eigenvalue weighted by atomic mass is 10.1. The highest BCUT2D eigenvalue weighted by atomic mass is 19.4. The molecular formula is C18H18F3N5O. The van der Waals surface area contributed by atoms with E-state index in [0.29, 0.717) is 24.1 Å². The van der Waals surface area contributed by atoms with Crippen LogP contribution in [0.25, 0.3) is 16.6 Å². The number of tetrazole rings is 1. The summed E-state index contributed by atoms with van der Waals surface area (Å²) in [4.78, 5) is 13.0. The Labute approximate surface area is 152 Å². The molecule has 1 aromatic carbocycles. The molecule has 142 valence electrons. The van der Waals surface area contributed by atoms with Gasteiger partial charge in [0.25, 0.3) is 0 Å². The lowest BCUT2D eigenvalue weighted by molar-refractivity contribution is -0.188. The molecule has 1 aliphatic rings. The van der Waals surface area contributed by atoms with Crippen LogP contribution in [0.15, 0.2) is 24.3 Å². The Kier molecular flexibility index (Phi) is 4.24. The van der Waals surface area contributed by atoms with Gasteiger partial charge in [0, 0.05) is 17.0 Å². The average molecular weight is 377 g/mol. The number of benzene rings is 1. The van der Waals surface area contributed by atoms with Crippen molar-refractivity contribution in [3.63, 3.8) is 0 Å². The molecule has 6 nitrogen and oxygen atoms in total. The molecular weight excluding hydrogens is 359 g/mol. The Morgan fingerprint density at radius 1 is 1.26 bits per heavy atom. The second kappa shape index (κ2) is 6.47. The van der Waals surface area contributed by atoms with Crippen LogP contribution < -0.4 is 0 Å². The van der Waals surface area contributed by atoms with Crippen LogP contribution in [-0.4, -0.2) is 43.1 Å². The Bertz CT molecular complexity index is 1010. The number of rotatable bonds is 3. The number of hydrogen-bond acceptors (Lipinski definition) is 4. The number of carbonyl (C=O) groups excluding carboxylic acids is 1. The molecule has 0 bridgehead atoms. The lowest BCUT2D eigenvalue weighted by Gasteiger charge is -2.29. The number of halogens is 3. The van der Waals surface area contributed by atoms with Crippen molar-refractivity contribution in [3.05, 3.63) is 35.4 Å². The van der Waals surface area contributed by atoms with Crippen molar-refractivity contribution in [2.75, 3.05) is 0 Å². The molecule has 1 fully saturated rings. The topological polar surface area (TPSA) is 63.4 Å². The fourth-order valence-electron chi connectivity index (χ4n) is 3.83. The predicted molar refractivity (Wildman–Crippen MR) is 91.9 cm³/mol. The van der Waals surface area contributed by atoms with E-state index in [2.05, 4.69) is 15.5 Å². The molecule has 0 unspecified atom stereocenters. The van der Waals surface area contributed by atoms with Crippen molar-refractivity contribution in [1.82, 2.24) is 24.9 Å². The monoisotopic (exact) mass is 377 g/mol. The van der Waals surface area contributed by atoms with Gasteiger partial charge in [0.05, 0.1) is 12.1 Å². The summed E-state index contributed by atoms with van der Waals surface area (Å²) in [6.07, 6.45) is -2.10. The average Bonchev–Trinajstić information content (AvgIpc) is 3.29. The highest BCUT2D eigenvalue weighted by Gasteiger charge is 2.45. The zero-order valence-electron chi connectivity index (χ0n) is 14.7. The number of amides is 1. The number of aromatic nitrogens is 4. The number of alkyl halides is 3. The molecule has 3 aromatic rings. The summed E-state index contributed by atoms with van der Waals surface area (Å²) in [5.74, 6) is -1.80. The van der Waals surface area contributed by atoms with Gasteiger partial charge in [-0.15, -0.1) is 5.10 Å².